The highest BCUT2D eigenvalue weighted by Crippen LogP contribution is 2.35. The van der Waals surface area contributed by atoms with Crippen LogP contribution in [0.2, 0.25) is 5.02 Å². The van der Waals surface area contributed by atoms with Crippen LogP contribution >= 0.6 is 11.6 Å². The minimum Gasteiger partial charge on any atom is -0.496 e. The van der Waals surface area contributed by atoms with Crippen LogP contribution in [0.5, 0.6) is 5.75 Å². The van der Waals surface area contributed by atoms with E-state index in [1.807, 2.05) is 24.4 Å². The molecule has 1 N–H and O–H groups in total. The van der Waals surface area contributed by atoms with Gasteiger partial charge in [0.05, 0.1) is 18.1 Å². The summed E-state index contributed by atoms with van der Waals surface area (Å²) in [5.41, 5.74) is 4.33. The number of hydrogen-bond acceptors (Lipinski definition) is 4. The number of methoxy groups -OCH3 is 1. The zero-order valence-corrected chi connectivity index (χ0v) is 17.6. The lowest BCUT2D eigenvalue weighted by molar-refractivity contribution is 0.131. The number of ether oxygens (including phenoxy) is 1. The maximum atomic E-state index is 6.15. The Balaban J connectivity index is 1.57. The number of hydrogen-bond donors (Lipinski definition) is 1. The van der Waals surface area contributed by atoms with Crippen molar-refractivity contribution in [1.29, 1.82) is 0 Å². The van der Waals surface area contributed by atoms with E-state index in [1.54, 1.807) is 7.11 Å². The molecular formula is C23H25ClN4O. The highest BCUT2D eigenvalue weighted by molar-refractivity contribution is 6.31. The zero-order valence-electron chi connectivity index (χ0n) is 16.8. The van der Waals surface area contributed by atoms with Crippen LogP contribution in [0.15, 0.2) is 36.5 Å². The average Bonchev–Trinajstić information content (AvgIpc) is 3.11. The van der Waals surface area contributed by atoms with Gasteiger partial charge in [-0.1, -0.05) is 18.5 Å². The van der Waals surface area contributed by atoms with E-state index in [2.05, 4.69) is 38.8 Å². The lowest BCUT2D eigenvalue weighted by Crippen LogP contribution is -2.45. The molecule has 0 radical (unpaired) electrons. The normalized spacial score (nSPS) is 16.2. The Kier molecular flexibility index (Phi) is 4.82. The summed E-state index contributed by atoms with van der Waals surface area (Å²) in [4.78, 5) is 13.3. The molecular weight excluding hydrogens is 384 g/mol. The average molecular weight is 409 g/mol. The molecule has 1 fully saturated rings. The number of nitrogens with one attached hydrogen (secondary N) is 1. The van der Waals surface area contributed by atoms with E-state index in [4.69, 9.17) is 16.3 Å². The van der Waals surface area contributed by atoms with Gasteiger partial charge in [0, 0.05) is 71.2 Å². The first-order chi connectivity index (χ1) is 14.2. The van der Waals surface area contributed by atoms with Crippen molar-refractivity contribution in [2.24, 2.45) is 0 Å². The Labute approximate surface area is 175 Å². The van der Waals surface area contributed by atoms with E-state index >= 15 is 0 Å². The standard InChI is InChI=1S/C23H25ClN4O/c1-3-27-6-8-28(9-7-27)14-15-10-21-18(12-22(15)29-2)19-13-25-20-11-16(24)4-5-17(20)23(19)26-21/h4-5,10-13,26H,3,6-9,14H2,1-2H3. The predicted molar refractivity (Wildman–Crippen MR) is 120 cm³/mol. The maximum Gasteiger partial charge on any atom is 0.124 e. The predicted octanol–water partition coefficient (Wildman–Crippen LogP) is 4.67. The molecule has 0 amide bonds. The molecule has 0 spiro atoms. The lowest BCUT2D eigenvalue weighted by Gasteiger charge is -2.34. The number of nitrogens with zero attached hydrogens (tertiary/aromatic N) is 3. The van der Waals surface area contributed by atoms with Crippen LogP contribution in [-0.4, -0.2) is 59.6 Å². The summed E-state index contributed by atoms with van der Waals surface area (Å²) in [6, 6.07) is 10.2. The number of likely N-dealkylation sites (N-methyl/N-ethyl adjacent to an activating group) is 1. The molecule has 0 unspecified atom stereocenters. The first-order valence-corrected chi connectivity index (χ1v) is 10.6. The number of aromatic nitrogens is 2. The molecule has 150 valence electrons. The van der Waals surface area contributed by atoms with Crippen LogP contribution in [0, 0.1) is 0 Å². The van der Waals surface area contributed by atoms with Crippen molar-refractivity contribution in [3.05, 3.63) is 47.1 Å². The molecule has 4 aromatic rings. The summed E-state index contributed by atoms with van der Waals surface area (Å²) in [5.74, 6) is 0.938. The van der Waals surface area contributed by atoms with E-state index in [-0.39, 0.29) is 0 Å². The second-order valence-corrected chi connectivity index (χ2v) is 8.19. The largest absolute Gasteiger partial charge is 0.496 e. The van der Waals surface area contributed by atoms with Crippen molar-refractivity contribution >= 4 is 44.3 Å². The van der Waals surface area contributed by atoms with Crippen molar-refractivity contribution in [2.45, 2.75) is 13.5 Å². The fourth-order valence-corrected chi connectivity index (χ4v) is 4.58. The van der Waals surface area contributed by atoms with Gasteiger partial charge in [0.1, 0.15) is 5.75 Å². The lowest BCUT2D eigenvalue weighted by atomic mass is 10.1. The quantitative estimate of drug-likeness (QED) is 0.533. The molecule has 5 rings (SSSR count). The van der Waals surface area contributed by atoms with Crippen LogP contribution < -0.4 is 4.74 Å². The van der Waals surface area contributed by atoms with Crippen molar-refractivity contribution in [3.63, 3.8) is 0 Å². The van der Waals surface area contributed by atoms with Crippen molar-refractivity contribution in [3.8, 4) is 5.75 Å². The number of aromatic amines is 1. The molecule has 0 bridgehead atoms. The Bertz CT molecular complexity index is 1190. The molecule has 1 aliphatic rings. The van der Waals surface area contributed by atoms with Gasteiger partial charge < -0.3 is 14.6 Å². The van der Waals surface area contributed by atoms with Crippen molar-refractivity contribution in [2.75, 3.05) is 39.8 Å². The molecule has 1 aliphatic heterocycles. The number of H-pyrrole nitrogens is 1. The van der Waals surface area contributed by atoms with Crippen LogP contribution in [0.1, 0.15) is 12.5 Å². The minimum absolute atomic E-state index is 0.701. The summed E-state index contributed by atoms with van der Waals surface area (Å²) in [7, 11) is 1.75. The number of halogens is 1. The number of fused-ring (bicyclic) bond motifs is 5. The van der Waals surface area contributed by atoms with Gasteiger partial charge in [-0.15, -0.1) is 0 Å². The molecule has 1 saturated heterocycles. The van der Waals surface area contributed by atoms with Gasteiger partial charge >= 0.3 is 0 Å². The first kappa shape index (κ1) is 18.7. The van der Waals surface area contributed by atoms with Crippen molar-refractivity contribution < 1.29 is 4.74 Å². The van der Waals surface area contributed by atoms with Gasteiger partial charge in [-0.25, -0.2) is 0 Å². The zero-order chi connectivity index (χ0) is 20.0. The smallest absolute Gasteiger partial charge is 0.124 e. The van der Waals surface area contributed by atoms with Crippen molar-refractivity contribution in [1.82, 2.24) is 19.8 Å². The Morgan fingerprint density at radius 1 is 1.03 bits per heavy atom. The fourth-order valence-electron chi connectivity index (χ4n) is 4.41. The van der Waals surface area contributed by atoms with Crippen LogP contribution in [0.25, 0.3) is 32.7 Å². The Morgan fingerprint density at radius 2 is 1.83 bits per heavy atom. The molecule has 0 aliphatic carbocycles. The summed E-state index contributed by atoms with van der Waals surface area (Å²) >= 11 is 6.15. The summed E-state index contributed by atoms with van der Waals surface area (Å²) in [5, 5.41) is 4.03. The number of pyridine rings is 1. The number of piperazine rings is 1. The highest BCUT2D eigenvalue weighted by Gasteiger charge is 2.19. The third-order valence-corrected chi connectivity index (χ3v) is 6.34. The fraction of sp³-hybridized carbons (Fsp3) is 0.348. The van der Waals surface area contributed by atoms with Crippen LogP contribution in [0.3, 0.4) is 0 Å². The summed E-state index contributed by atoms with van der Waals surface area (Å²) in [6.45, 7) is 8.72. The maximum absolute atomic E-state index is 6.15. The number of benzene rings is 2. The monoisotopic (exact) mass is 408 g/mol. The van der Waals surface area contributed by atoms with Gasteiger partial charge in [0.2, 0.25) is 0 Å². The van der Waals surface area contributed by atoms with E-state index in [0.29, 0.717) is 5.02 Å². The van der Waals surface area contributed by atoms with E-state index in [9.17, 15) is 0 Å². The molecule has 0 saturated carbocycles. The van der Waals surface area contributed by atoms with Crippen LogP contribution in [-0.2, 0) is 6.54 Å². The summed E-state index contributed by atoms with van der Waals surface area (Å²) < 4.78 is 5.77. The van der Waals surface area contributed by atoms with E-state index in [0.717, 1.165) is 77.7 Å². The molecule has 29 heavy (non-hydrogen) atoms. The third-order valence-electron chi connectivity index (χ3n) is 6.11. The van der Waals surface area contributed by atoms with E-state index in [1.165, 1.54) is 5.56 Å². The summed E-state index contributed by atoms with van der Waals surface area (Å²) in [6.07, 6.45) is 1.93. The molecule has 6 heteroatoms. The first-order valence-electron chi connectivity index (χ1n) is 10.2. The van der Waals surface area contributed by atoms with Crippen LogP contribution in [0.4, 0.5) is 0 Å². The Hall–Kier alpha value is -2.34. The van der Waals surface area contributed by atoms with Gasteiger partial charge in [0.15, 0.2) is 0 Å². The molecule has 5 nitrogen and oxygen atoms in total. The Morgan fingerprint density at radius 3 is 2.59 bits per heavy atom. The second kappa shape index (κ2) is 7.48. The molecule has 2 aromatic heterocycles. The molecule has 0 atom stereocenters. The number of rotatable bonds is 4. The van der Waals surface area contributed by atoms with Gasteiger partial charge in [0.25, 0.3) is 0 Å². The van der Waals surface area contributed by atoms with E-state index < -0.39 is 0 Å². The van der Waals surface area contributed by atoms with Gasteiger partial charge in [-0.2, -0.15) is 0 Å². The minimum atomic E-state index is 0.701. The van der Waals surface area contributed by atoms with Gasteiger partial charge in [-0.3, -0.25) is 9.88 Å². The SMILES string of the molecule is CCN1CCN(Cc2cc3[nH]c4c5ccc(Cl)cc5ncc4c3cc2OC)CC1. The topological polar surface area (TPSA) is 44.4 Å². The second-order valence-electron chi connectivity index (χ2n) is 7.75. The third kappa shape index (κ3) is 3.33. The molecule has 2 aromatic carbocycles. The van der Waals surface area contributed by atoms with Gasteiger partial charge in [-0.05, 0) is 36.9 Å². The highest BCUT2D eigenvalue weighted by atomic mass is 35.5. The molecule has 3 heterocycles.